The van der Waals surface area contributed by atoms with E-state index < -0.39 is 25.3 Å². The van der Waals surface area contributed by atoms with Gasteiger partial charge in [-0.3, -0.25) is 19.0 Å². The molecule has 0 saturated carbocycles. The molecule has 2 amide bonds. The van der Waals surface area contributed by atoms with Crippen molar-refractivity contribution in [2.45, 2.75) is 82.8 Å². The number of unbranched alkanes of at least 4 members (excludes halogenated alkanes) is 8. The molecule has 2 N–H and O–H groups in total. The molecule has 2 fully saturated rings. The van der Waals surface area contributed by atoms with E-state index >= 15 is 0 Å². The van der Waals surface area contributed by atoms with Crippen LogP contribution < -0.4 is 0 Å². The van der Waals surface area contributed by atoms with Crippen molar-refractivity contribution in [2.24, 2.45) is 11.8 Å². The van der Waals surface area contributed by atoms with Crippen molar-refractivity contribution in [3.05, 3.63) is 36.6 Å². The molecular formula is C28H44NO9P. The first kappa shape index (κ1) is 31.7. The Hall–Kier alpha value is -1.81. The van der Waals surface area contributed by atoms with Crippen LogP contribution in [-0.4, -0.2) is 71.2 Å². The average molecular weight is 570 g/mol. The Morgan fingerprint density at radius 1 is 0.974 bits per heavy atom. The zero-order valence-corrected chi connectivity index (χ0v) is 23.9. The lowest BCUT2D eigenvalue weighted by Gasteiger charge is -2.28. The van der Waals surface area contributed by atoms with Crippen LogP contribution in [0.2, 0.25) is 0 Å². The Morgan fingerprint density at radius 3 is 2.21 bits per heavy atom. The second-order valence-corrected chi connectivity index (χ2v) is 11.9. The van der Waals surface area contributed by atoms with Crippen LogP contribution >= 0.6 is 7.82 Å². The van der Waals surface area contributed by atoms with Gasteiger partial charge in [-0.2, -0.15) is 0 Å². The summed E-state index contributed by atoms with van der Waals surface area (Å²) in [6, 6.07) is 0. The Morgan fingerprint density at radius 2 is 1.59 bits per heavy atom. The van der Waals surface area contributed by atoms with Gasteiger partial charge in [-0.15, -0.1) is 0 Å². The van der Waals surface area contributed by atoms with E-state index in [1.165, 1.54) is 4.90 Å². The van der Waals surface area contributed by atoms with E-state index in [4.69, 9.17) is 24.0 Å². The molecule has 0 aromatic rings. The zero-order valence-electron chi connectivity index (χ0n) is 23.1. The van der Waals surface area contributed by atoms with E-state index in [1.807, 2.05) is 19.1 Å². The molecule has 4 atom stereocenters. The number of likely N-dealkylation sites (tertiary alicyclic amines) is 1. The fourth-order valence-electron chi connectivity index (χ4n) is 5.45. The number of amides is 2. The first-order chi connectivity index (χ1) is 18.6. The number of carbonyl (C=O) groups is 2. The summed E-state index contributed by atoms with van der Waals surface area (Å²) in [5.74, 6) is -0.854. The van der Waals surface area contributed by atoms with E-state index in [2.05, 4.69) is 17.7 Å². The van der Waals surface area contributed by atoms with Gasteiger partial charge in [0.05, 0.1) is 37.8 Å². The molecule has 39 heavy (non-hydrogen) atoms. The van der Waals surface area contributed by atoms with Crippen LogP contribution in [0.4, 0.5) is 0 Å². The second-order valence-electron chi connectivity index (χ2n) is 10.7. The van der Waals surface area contributed by atoms with Crippen molar-refractivity contribution in [1.82, 2.24) is 4.90 Å². The standard InChI is InChI=1S/C28H44NO9P/c1-21(2)22(3)36-18-13-16-29-26(30)24-23-14-15-28(38-23,25(24)27(29)31)20-35-17-11-9-7-5-4-6-8-10-12-19-37-39(32,33)34/h14-15,23-25H,1,3-13,16-20H2,2H3,(H2,32,33,34). The lowest BCUT2D eigenvalue weighted by Crippen LogP contribution is -2.44. The first-order valence-corrected chi connectivity index (χ1v) is 15.6. The highest BCUT2D eigenvalue weighted by Gasteiger charge is 2.67. The number of phosphoric acid groups is 1. The van der Waals surface area contributed by atoms with E-state index in [-0.39, 0.29) is 31.1 Å². The third kappa shape index (κ3) is 8.84. The molecule has 2 bridgehead atoms. The van der Waals surface area contributed by atoms with Crippen LogP contribution in [0.15, 0.2) is 36.6 Å². The van der Waals surface area contributed by atoms with Crippen molar-refractivity contribution in [1.29, 1.82) is 0 Å². The Labute approximate surface area is 231 Å². The SMILES string of the molecule is C=C(C)C(=C)OCCCN1C(=O)C2C3C=CC(COCCCCCCCCCCCOP(=O)(O)O)(O3)C2C1=O. The third-order valence-corrected chi connectivity index (χ3v) is 8.06. The highest BCUT2D eigenvalue weighted by atomic mass is 31.2. The van der Waals surface area contributed by atoms with Gasteiger partial charge in [0.2, 0.25) is 11.8 Å². The minimum absolute atomic E-state index is 0.0968. The summed E-state index contributed by atoms with van der Waals surface area (Å²) in [5, 5.41) is 0. The molecule has 3 aliphatic rings. The minimum atomic E-state index is -4.34. The maximum atomic E-state index is 13.2. The number of hydrogen-bond donors (Lipinski definition) is 2. The number of imide groups is 1. The highest BCUT2D eigenvalue weighted by Crippen LogP contribution is 2.51. The van der Waals surface area contributed by atoms with E-state index in [0.717, 1.165) is 56.9 Å². The van der Waals surface area contributed by atoms with Crippen molar-refractivity contribution in [3.8, 4) is 0 Å². The largest absolute Gasteiger partial charge is 0.494 e. The molecule has 3 heterocycles. The number of fused-ring (bicyclic) bond motifs is 5. The maximum absolute atomic E-state index is 13.2. The molecular weight excluding hydrogens is 525 g/mol. The average Bonchev–Trinajstić information content (AvgIpc) is 3.51. The molecule has 2 saturated heterocycles. The summed E-state index contributed by atoms with van der Waals surface area (Å²) in [6.45, 7) is 11.0. The summed E-state index contributed by atoms with van der Waals surface area (Å²) in [5.41, 5.74) is -0.114. The molecule has 10 nitrogen and oxygen atoms in total. The Balaban J connectivity index is 1.27. The van der Waals surface area contributed by atoms with Gasteiger partial charge in [0.25, 0.3) is 0 Å². The molecule has 220 valence electrons. The molecule has 0 radical (unpaired) electrons. The summed E-state index contributed by atoms with van der Waals surface area (Å²) in [7, 11) is -4.34. The van der Waals surface area contributed by atoms with E-state index in [9.17, 15) is 14.2 Å². The quantitative estimate of drug-likeness (QED) is 0.0515. The van der Waals surface area contributed by atoms with Gasteiger partial charge in [-0.05, 0) is 31.8 Å². The molecule has 0 aromatic heterocycles. The Kier molecular flexibility index (Phi) is 12.0. The van der Waals surface area contributed by atoms with Gasteiger partial charge >= 0.3 is 7.82 Å². The highest BCUT2D eigenvalue weighted by molar-refractivity contribution is 7.46. The van der Waals surface area contributed by atoms with Crippen LogP contribution in [0, 0.1) is 11.8 Å². The van der Waals surface area contributed by atoms with Crippen LogP contribution in [0.3, 0.4) is 0 Å². The molecule has 0 aromatic carbocycles. The summed E-state index contributed by atoms with van der Waals surface area (Å²) >= 11 is 0. The molecule has 0 spiro atoms. The Bertz CT molecular complexity index is 961. The van der Waals surface area contributed by atoms with Crippen molar-refractivity contribution < 1.29 is 42.7 Å². The van der Waals surface area contributed by atoms with Gasteiger partial charge in [-0.25, -0.2) is 4.57 Å². The molecule has 3 rings (SSSR count). The van der Waals surface area contributed by atoms with Crippen LogP contribution in [0.25, 0.3) is 0 Å². The summed E-state index contributed by atoms with van der Waals surface area (Å²) in [6.07, 6.45) is 13.0. The number of hydrogen-bond acceptors (Lipinski definition) is 7. The minimum Gasteiger partial charge on any atom is -0.494 e. The number of rotatable bonds is 21. The third-order valence-electron chi connectivity index (χ3n) is 7.54. The number of ether oxygens (including phenoxy) is 3. The number of phosphoric ester groups is 1. The second kappa shape index (κ2) is 14.7. The van der Waals surface area contributed by atoms with Gasteiger partial charge in [0.15, 0.2) is 0 Å². The normalized spacial score (nSPS) is 25.5. The van der Waals surface area contributed by atoms with E-state index in [1.54, 1.807) is 0 Å². The predicted molar refractivity (Wildman–Crippen MR) is 145 cm³/mol. The fraction of sp³-hybridized carbons (Fsp3) is 0.714. The lowest BCUT2D eigenvalue weighted by molar-refractivity contribution is -0.146. The van der Waals surface area contributed by atoms with Crippen molar-refractivity contribution in [3.63, 3.8) is 0 Å². The topological polar surface area (TPSA) is 132 Å². The monoisotopic (exact) mass is 569 g/mol. The maximum Gasteiger partial charge on any atom is 0.469 e. The van der Waals surface area contributed by atoms with Crippen LogP contribution in [0.5, 0.6) is 0 Å². The van der Waals surface area contributed by atoms with Crippen molar-refractivity contribution >= 4 is 19.6 Å². The molecule has 11 heteroatoms. The number of carbonyl (C=O) groups excluding carboxylic acids is 2. The van der Waals surface area contributed by atoms with E-state index in [0.29, 0.717) is 38.4 Å². The first-order valence-electron chi connectivity index (χ1n) is 14.0. The lowest BCUT2D eigenvalue weighted by atomic mass is 9.77. The molecule has 4 unspecified atom stereocenters. The molecule has 3 aliphatic heterocycles. The van der Waals surface area contributed by atoms with Gasteiger partial charge in [0, 0.05) is 13.2 Å². The van der Waals surface area contributed by atoms with Gasteiger partial charge in [0.1, 0.15) is 11.4 Å². The fourth-order valence-corrected chi connectivity index (χ4v) is 5.81. The van der Waals surface area contributed by atoms with Gasteiger partial charge in [-0.1, -0.05) is 70.3 Å². The molecule has 0 aliphatic carbocycles. The zero-order chi connectivity index (χ0) is 28.5. The number of allylic oxidation sites excluding steroid dienone is 1. The summed E-state index contributed by atoms with van der Waals surface area (Å²) in [4.78, 5) is 44.9. The predicted octanol–water partition coefficient (Wildman–Crippen LogP) is 4.43. The smallest absolute Gasteiger partial charge is 0.469 e. The van der Waals surface area contributed by atoms with Gasteiger partial charge < -0.3 is 24.0 Å². The van der Waals surface area contributed by atoms with Crippen molar-refractivity contribution in [2.75, 3.05) is 33.0 Å². The van der Waals surface area contributed by atoms with Crippen LogP contribution in [-0.2, 0) is 32.9 Å². The van der Waals surface area contributed by atoms with Crippen LogP contribution in [0.1, 0.15) is 71.1 Å². The summed E-state index contributed by atoms with van der Waals surface area (Å²) < 4.78 is 32.6. The number of nitrogens with zero attached hydrogens (tertiary/aromatic N) is 1.